The van der Waals surface area contributed by atoms with Crippen LogP contribution in [0.4, 0.5) is 0 Å². The minimum Gasteiger partial charge on any atom is -0.492 e. The number of carbonyl (C=O) groups excluding carboxylic acids is 1. The third-order valence-electron chi connectivity index (χ3n) is 5.91. The van der Waals surface area contributed by atoms with Gasteiger partial charge in [-0.2, -0.15) is 0 Å². The lowest BCUT2D eigenvalue weighted by atomic mass is 9.88. The fourth-order valence-electron chi connectivity index (χ4n) is 4.55. The molecule has 0 aliphatic heterocycles. The summed E-state index contributed by atoms with van der Waals surface area (Å²) in [6, 6.07) is 6.14. The van der Waals surface area contributed by atoms with Crippen LogP contribution in [-0.2, 0) is 4.79 Å². The van der Waals surface area contributed by atoms with Crippen molar-refractivity contribution in [1.82, 2.24) is 4.90 Å². The van der Waals surface area contributed by atoms with Crippen molar-refractivity contribution in [2.45, 2.75) is 89.1 Å². The Bertz CT molecular complexity index is 592. The zero-order chi connectivity index (χ0) is 19.1. The molecule has 0 unspecified atom stereocenters. The number of carbonyl (C=O) groups is 1. The van der Waals surface area contributed by atoms with E-state index >= 15 is 0 Å². The summed E-state index contributed by atoms with van der Waals surface area (Å²) in [6.07, 6.45) is 13.7. The van der Waals surface area contributed by atoms with Crippen molar-refractivity contribution in [3.8, 4) is 5.75 Å². The highest BCUT2D eigenvalue weighted by molar-refractivity contribution is 6.35. The maximum Gasteiger partial charge on any atom is 0.223 e. The van der Waals surface area contributed by atoms with E-state index in [1.165, 1.54) is 64.2 Å². The van der Waals surface area contributed by atoms with E-state index in [1.807, 2.05) is 0 Å². The van der Waals surface area contributed by atoms with Crippen LogP contribution in [0.3, 0.4) is 0 Å². The van der Waals surface area contributed by atoms with Gasteiger partial charge in [0, 0.05) is 23.5 Å². The predicted octanol–water partition coefficient (Wildman–Crippen LogP) is 6.65. The molecule has 1 aromatic carbocycles. The molecule has 0 atom stereocenters. The first-order valence-electron chi connectivity index (χ1n) is 10.5. The summed E-state index contributed by atoms with van der Waals surface area (Å²) in [7, 11) is 0. The second-order valence-corrected chi connectivity index (χ2v) is 8.76. The van der Waals surface area contributed by atoms with Gasteiger partial charge in [0.25, 0.3) is 0 Å². The summed E-state index contributed by atoms with van der Waals surface area (Å²) in [4.78, 5) is 15.4. The normalized spacial score (nSPS) is 19.0. The first-order chi connectivity index (χ1) is 13.1. The van der Waals surface area contributed by atoms with E-state index in [2.05, 4.69) is 4.90 Å². The second-order valence-electron chi connectivity index (χ2n) is 7.91. The van der Waals surface area contributed by atoms with Crippen molar-refractivity contribution >= 4 is 29.1 Å². The van der Waals surface area contributed by atoms with E-state index < -0.39 is 0 Å². The molecule has 27 heavy (non-hydrogen) atoms. The molecule has 150 valence electrons. The van der Waals surface area contributed by atoms with Crippen molar-refractivity contribution in [2.75, 3.05) is 6.61 Å². The minimum absolute atomic E-state index is 0.319. The summed E-state index contributed by atoms with van der Waals surface area (Å²) in [5, 5.41) is 1.11. The number of benzene rings is 1. The lowest BCUT2D eigenvalue weighted by Gasteiger charge is -2.42. The Labute approximate surface area is 173 Å². The zero-order valence-electron chi connectivity index (χ0n) is 16.1. The Morgan fingerprint density at radius 1 is 0.963 bits per heavy atom. The average Bonchev–Trinajstić information content (AvgIpc) is 2.68. The summed E-state index contributed by atoms with van der Waals surface area (Å²) in [6.45, 7) is 0.496. The van der Waals surface area contributed by atoms with Crippen molar-refractivity contribution < 1.29 is 9.53 Å². The quantitative estimate of drug-likeness (QED) is 0.470. The molecule has 0 saturated heterocycles. The third kappa shape index (κ3) is 6.02. The molecule has 1 amide bonds. The highest BCUT2D eigenvalue weighted by atomic mass is 35.5. The molecule has 0 heterocycles. The number of hydrogen-bond donors (Lipinski definition) is 0. The van der Waals surface area contributed by atoms with Crippen LogP contribution in [0.5, 0.6) is 5.75 Å². The van der Waals surface area contributed by atoms with Gasteiger partial charge in [-0.3, -0.25) is 4.79 Å². The summed E-state index contributed by atoms with van der Waals surface area (Å²) in [5.74, 6) is 0.949. The molecule has 0 spiro atoms. The van der Waals surface area contributed by atoms with Gasteiger partial charge in [-0.15, -0.1) is 0 Å². The van der Waals surface area contributed by atoms with Crippen molar-refractivity contribution in [3.63, 3.8) is 0 Å². The van der Waals surface area contributed by atoms with Crippen LogP contribution >= 0.6 is 23.2 Å². The molecule has 2 aliphatic rings. The van der Waals surface area contributed by atoms with Gasteiger partial charge in [0.05, 0.1) is 11.6 Å². The topological polar surface area (TPSA) is 29.5 Å². The summed E-state index contributed by atoms with van der Waals surface area (Å²) in [5.41, 5.74) is 0. The first kappa shape index (κ1) is 20.8. The molecule has 3 rings (SSSR count). The van der Waals surface area contributed by atoms with Gasteiger partial charge in [-0.25, -0.2) is 0 Å². The number of halogens is 2. The van der Waals surface area contributed by atoms with Gasteiger partial charge in [0.15, 0.2) is 0 Å². The summed E-state index contributed by atoms with van der Waals surface area (Å²) >= 11 is 12.1. The molecule has 2 aliphatic carbocycles. The fraction of sp³-hybridized carbons (Fsp3) is 0.682. The summed E-state index contributed by atoms with van der Waals surface area (Å²) < 4.78 is 5.75. The SMILES string of the molecule is O=C(CCCOc1ccc(Cl)cc1Cl)N(C1CCCCC1)C1CCCCC1. The van der Waals surface area contributed by atoms with E-state index in [9.17, 15) is 4.79 Å². The molecular formula is C22H31Cl2NO2. The van der Waals surface area contributed by atoms with E-state index in [0.717, 1.165) is 0 Å². The number of hydrogen-bond acceptors (Lipinski definition) is 2. The Morgan fingerprint density at radius 3 is 2.11 bits per heavy atom. The van der Waals surface area contributed by atoms with Gasteiger partial charge in [0.1, 0.15) is 5.75 Å². The monoisotopic (exact) mass is 411 g/mol. The molecule has 1 aromatic rings. The number of nitrogens with zero attached hydrogens (tertiary/aromatic N) is 1. The maximum absolute atomic E-state index is 13.1. The maximum atomic E-state index is 13.1. The van der Waals surface area contributed by atoms with Crippen LogP contribution in [0.2, 0.25) is 10.0 Å². The van der Waals surface area contributed by atoms with Crippen LogP contribution in [0, 0.1) is 0 Å². The molecule has 0 bridgehead atoms. The Hall–Kier alpha value is -0.930. The van der Waals surface area contributed by atoms with Crippen molar-refractivity contribution in [3.05, 3.63) is 28.2 Å². The van der Waals surface area contributed by atoms with E-state index in [-0.39, 0.29) is 0 Å². The molecule has 5 heteroatoms. The van der Waals surface area contributed by atoms with Crippen LogP contribution in [0.25, 0.3) is 0 Å². The molecule has 3 nitrogen and oxygen atoms in total. The van der Waals surface area contributed by atoms with Crippen LogP contribution < -0.4 is 4.74 Å². The lowest BCUT2D eigenvalue weighted by molar-refractivity contribution is -0.138. The number of rotatable bonds is 7. The second kappa shape index (κ2) is 10.6. The smallest absolute Gasteiger partial charge is 0.223 e. The van der Waals surface area contributed by atoms with Gasteiger partial charge in [0.2, 0.25) is 5.91 Å². The molecular weight excluding hydrogens is 381 g/mol. The standard InChI is InChI=1S/C22H31Cl2NO2/c23-17-13-14-21(20(24)16-17)27-15-7-12-22(26)25(18-8-3-1-4-9-18)19-10-5-2-6-11-19/h13-14,16,18-19H,1-12,15H2. The van der Waals surface area contributed by atoms with Gasteiger partial charge < -0.3 is 9.64 Å². The molecule has 2 saturated carbocycles. The molecule has 0 N–H and O–H groups in total. The number of ether oxygens (including phenoxy) is 1. The molecule has 0 aromatic heterocycles. The third-order valence-corrected chi connectivity index (χ3v) is 6.44. The minimum atomic E-state index is 0.319. The van der Waals surface area contributed by atoms with Gasteiger partial charge in [-0.05, 0) is 50.3 Å². The van der Waals surface area contributed by atoms with Crippen LogP contribution in [-0.4, -0.2) is 29.5 Å². The lowest BCUT2D eigenvalue weighted by Crippen LogP contribution is -2.48. The van der Waals surface area contributed by atoms with Crippen molar-refractivity contribution in [2.24, 2.45) is 0 Å². The van der Waals surface area contributed by atoms with Gasteiger partial charge >= 0.3 is 0 Å². The van der Waals surface area contributed by atoms with E-state index in [4.69, 9.17) is 27.9 Å². The Kier molecular flexibility index (Phi) is 8.14. The highest BCUT2D eigenvalue weighted by Gasteiger charge is 2.31. The molecule has 2 fully saturated rings. The fourth-order valence-corrected chi connectivity index (χ4v) is 5.01. The zero-order valence-corrected chi connectivity index (χ0v) is 17.6. The van der Waals surface area contributed by atoms with Crippen LogP contribution in [0.15, 0.2) is 18.2 Å². The highest BCUT2D eigenvalue weighted by Crippen LogP contribution is 2.31. The van der Waals surface area contributed by atoms with E-state index in [1.54, 1.807) is 18.2 Å². The first-order valence-corrected chi connectivity index (χ1v) is 11.3. The van der Waals surface area contributed by atoms with Gasteiger partial charge in [-0.1, -0.05) is 61.7 Å². The van der Waals surface area contributed by atoms with Crippen molar-refractivity contribution in [1.29, 1.82) is 0 Å². The average molecular weight is 412 g/mol. The number of amides is 1. The van der Waals surface area contributed by atoms with Crippen LogP contribution in [0.1, 0.15) is 77.0 Å². The van der Waals surface area contributed by atoms with E-state index in [0.29, 0.717) is 53.2 Å². The Balaban J connectivity index is 1.52. The predicted molar refractivity (Wildman–Crippen MR) is 112 cm³/mol. The Morgan fingerprint density at radius 2 is 1.56 bits per heavy atom. The molecule has 0 radical (unpaired) electrons. The largest absolute Gasteiger partial charge is 0.492 e.